The molecule has 0 bridgehead atoms. The maximum atomic E-state index is 12.4. The molecule has 8 heteroatoms. The van der Waals surface area contributed by atoms with Crippen LogP contribution in [0.25, 0.3) is 0 Å². The van der Waals surface area contributed by atoms with Gasteiger partial charge in [0.2, 0.25) is 0 Å². The lowest BCUT2D eigenvalue weighted by Crippen LogP contribution is -2.31. The number of pyridine rings is 1. The van der Waals surface area contributed by atoms with Gasteiger partial charge < -0.3 is 10.4 Å². The number of aliphatic carboxylic acids is 1. The van der Waals surface area contributed by atoms with E-state index in [1.165, 1.54) is 0 Å². The summed E-state index contributed by atoms with van der Waals surface area (Å²) in [5, 5.41) is 11.3. The summed E-state index contributed by atoms with van der Waals surface area (Å²) in [6.07, 6.45) is -2.37. The Bertz CT molecular complexity index is 503. The number of nitrogens with one attached hydrogen (secondary N) is 1. The van der Waals surface area contributed by atoms with E-state index in [-0.39, 0.29) is 16.8 Å². The number of anilines is 1. The molecule has 2 N–H and O–H groups in total. The lowest BCUT2D eigenvalue weighted by atomic mass is 10.2. The molecule has 1 fully saturated rings. The average molecular weight is 295 g/mol. The molecule has 1 unspecified atom stereocenters. The van der Waals surface area contributed by atoms with Gasteiger partial charge in [0.25, 0.3) is 0 Å². The second-order valence-electron chi connectivity index (χ2n) is 4.35. The van der Waals surface area contributed by atoms with Crippen LogP contribution in [-0.4, -0.2) is 22.1 Å². The summed E-state index contributed by atoms with van der Waals surface area (Å²) >= 11 is 5.69. The van der Waals surface area contributed by atoms with E-state index in [1.54, 1.807) is 0 Å². The Morgan fingerprint density at radius 2 is 2.16 bits per heavy atom. The molecule has 0 radical (unpaired) electrons. The molecule has 2 rings (SSSR count). The fourth-order valence-corrected chi connectivity index (χ4v) is 1.88. The summed E-state index contributed by atoms with van der Waals surface area (Å²) in [6.45, 7) is 0. The number of halogens is 4. The standard InChI is InChI=1S/C11H10ClF3N2O2/c12-7-3-6(11(13,14)15)4-16-9(7)17-8(10(18)19)5-1-2-5/h3-5,8H,1-2H2,(H,16,17)(H,18,19). The number of hydrogen-bond donors (Lipinski definition) is 2. The van der Waals surface area contributed by atoms with Crippen LogP contribution >= 0.6 is 11.6 Å². The molecule has 104 valence electrons. The lowest BCUT2D eigenvalue weighted by molar-refractivity contribution is -0.139. The zero-order valence-electron chi connectivity index (χ0n) is 9.54. The van der Waals surface area contributed by atoms with Crippen molar-refractivity contribution in [2.75, 3.05) is 5.32 Å². The Kier molecular flexibility index (Phi) is 3.58. The van der Waals surface area contributed by atoms with Crippen LogP contribution in [0, 0.1) is 5.92 Å². The molecular formula is C11H10ClF3N2O2. The number of hydrogen-bond acceptors (Lipinski definition) is 3. The third-order valence-electron chi connectivity index (χ3n) is 2.82. The maximum Gasteiger partial charge on any atom is 0.417 e. The molecule has 0 aromatic carbocycles. The molecule has 4 nitrogen and oxygen atoms in total. The van der Waals surface area contributed by atoms with Gasteiger partial charge in [-0.2, -0.15) is 13.2 Å². The summed E-state index contributed by atoms with van der Waals surface area (Å²) < 4.78 is 37.2. The molecular weight excluding hydrogens is 285 g/mol. The Morgan fingerprint density at radius 3 is 2.58 bits per heavy atom. The second kappa shape index (κ2) is 4.88. The normalized spacial score (nSPS) is 17.1. The number of aromatic nitrogens is 1. The van der Waals surface area contributed by atoms with Crippen LogP contribution in [0.1, 0.15) is 18.4 Å². The van der Waals surface area contributed by atoms with Gasteiger partial charge in [-0.15, -0.1) is 0 Å². The van der Waals surface area contributed by atoms with E-state index in [1.807, 2.05) is 0 Å². The molecule has 1 saturated carbocycles. The van der Waals surface area contributed by atoms with Gasteiger partial charge in [0.15, 0.2) is 0 Å². The lowest BCUT2D eigenvalue weighted by Gasteiger charge is -2.16. The predicted octanol–water partition coefficient (Wildman–Crippen LogP) is 3.03. The van der Waals surface area contributed by atoms with Gasteiger partial charge in [0, 0.05) is 6.20 Å². The summed E-state index contributed by atoms with van der Waals surface area (Å²) in [4.78, 5) is 14.6. The van der Waals surface area contributed by atoms with Crippen molar-refractivity contribution < 1.29 is 23.1 Å². The van der Waals surface area contributed by atoms with Crippen LogP contribution in [-0.2, 0) is 11.0 Å². The molecule has 1 aromatic rings. The highest BCUT2D eigenvalue weighted by Crippen LogP contribution is 2.36. The van der Waals surface area contributed by atoms with Crippen molar-refractivity contribution in [2.45, 2.75) is 25.1 Å². The minimum absolute atomic E-state index is 0.0299. The van der Waals surface area contributed by atoms with E-state index in [2.05, 4.69) is 10.3 Å². The Hall–Kier alpha value is -1.50. The van der Waals surface area contributed by atoms with Crippen LogP contribution < -0.4 is 5.32 Å². The highest BCUT2D eigenvalue weighted by molar-refractivity contribution is 6.33. The minimum Gasteiger partial charge on any atom is -0.480 e. The summed E-state index contributed by atoms with van der Waals surface area (Å²) in [5.41, 5.74) is -0.971. The number of carboxylic acid groups (broad SMARTS) is 1. The Labute approximate surface area is 111 Å². The van der Waals surface area contributed by atoms with Gasteiger partial charge in [-0.25, -0.2) is 9.78 Å². The summed E-state index contributed by atoms with van der Waals surface area (Å²) in [6, 6.07) is -0.148. The fourth-order valence-electron chi connectivity index (χ4n) is 1.66. The Balaban J connectivity index is 2.19. The molecule has 1 atom stereocenters. The molecule has 0 saturated heterocycles. The molecule has 1 aliphatic rings. The SMILES string of the molecule is O=C(O)C(Nc1ncc(C(F)(F)F)cc1Cl)C1CC1. The molecule has 0 spiro atoms. The van der Waals surface area contributed by atoms with Gasteiger partial charge in [0.1, 0.15) is 11.9 Å². The number of rotatable bonds is 4. The first-order valence-corrected chi connectivity index (χ1v) is 5.89. The van der Waals surface area contributed by atoms with Crippen LogP contribution in [0.3, 0.4) is 0 Å². The minimum atomic E-state index is -4.53. The molecule has 1 aliphatic carbocycles. The molecule has 1 aromatic heterocycles. The van der Waals surface area contributed by atoms with Gasteiger partial charge in [-0.3, -0.25) is 0 Å². The quantitative estimate of drug-likeness (QED) is 0.896. The van der Waals surface area contributed by atoms with Crippen molar-refractivity contribution in [2.24, 2.45) is 5.92 Å². The Morgan fingerprint density at radius 1 is 1.53 bits per heavy atom. The van der Waals surface area contributed by atoms with Crippen molar-refractivity contribution in [1.29, 1.82) is 0 Å². The first-order chi connectivity index (χ1) is 8.79. The third kappa shape index (κ3) is 3.28. The number of carbonyl (C=O) groups is 1. The van der Waals surface area contributed by atoms with Crippen LogP contribution in [0.5, 0.6) is 0 Å². The second-order valence-corrected chi connectivity index (χ2v) is 4.76. The van der Waals surface area contributed by atoms with Gasteiger partial charge in [0.05, 0.1) is 10.6 Å². The first-order valence-electron chi connectivity index (χ1n) is 5.51. The molecule has 19 heavy (non-hydrogen) atoms. The van der Waals surface area contributed by atoms with Crippen LogP contribution in [0.2, 0.25) is 5.02 Å². The monoisotopic (exact) mass is 294 g/mol. The molecule has 0 aliphatic heterocycles. The van der Waals surface area contributed by atoms with E-state index < -0.39 is 23.8 Å². The average Bonchev–Trinajstić information content (AvgIpc) is 3.09. The largest absolute Gasteiger partial charge is 0.480 e. The number of alkyl halides is 3. The topological polar surface area (TPSA) is 62.2 Å². The van der Waals surface area contributed by atoms with Crippen LogP contribution in [0.15, 0.2) is 12.3 Å². The van der Waals surface area contributed by atoms with E-state index in [0.29, 0.717) is 6.20 Å². The van der Waals surface area contributed by atoms with Crippen molar-refractivity contribution in [3.05, 3.63) is 22.8 Å². The third-order valence-corrected chi connectivity index (χ3v) is 3.11. The van der Waals surface area contributed by atoms with E-state index in [0.717, 1.165) is 18.9 Å². The van der Waals surface area contributed by atoms with Gasteiger partial charge >= 0.3 is 12.1 Å². The first kappa shape index (κ1) is 13.9. The van der Waals surface area contributed by atoms with Crippen molar-refractivity contribution in [3.8, 4) is 0 Å². The molecule has 1 heterocycles. The van der Waals surface area contributed by atoms with Gasteiger partial charge in [-0.1, -0.05) is 11.6 Å². The highest BCUT2D eigenvalue weighted by Gasteiger charge is 2.37. The van der Waals surface area contributed by atoms with Gasteiger partial charge in [-0.05, 0) is 24.8 Å². The summed E-state index contributed by atoms with van der Waals surface area (Å²) in [7, 11) is 0. The predicted molar refractivity (Wildman–Crippen MR) is 62.0 cm³/mol. The van der Waals surface area contributed by atoms with E-state index in [4.69, 9.17) is 16.7 Å². The van der Waals surface area contributed by atoms with Crippen molar-refractivity contribution in [3.63, 3.8) is 0 Å². The molecule has 0 amide bonds. The van der Waals surface area contributed by atoms with Crippen molar-refractivity contribution in [1.82, 2.24) is 4.98 Å². The number of nitrogens with zero attached hydrogens (tertiary/aromatic N) is 1. The highest BCUT2D eigenvalue weighted by atomic mass is 35.5. The maximum absolute atomic E-state index is 12.4. The van der Waals surface area contributed by atoms with Crippen molar-refractivity contribution >= 4 is 23.4 Å². The van der Waals surface area contributed by atoms with E-state index in [9.17, 15) is 18.0 Å². The summed E-state index contributed by atoms with van der Waals surface area (Å²) in [5.74, 6) is -1.15. The van der Waals surface area contributed by atoms with Crippen LogP contribution in [0.4, 0.5) is 19.0 Å². The fraction of sp³-hybridized carbons (Fsp3) is 0.455. The smallest absolute Gasteiger partial charge is 0.417 e. The zero-order chi connectivity index (χ0) is 14.2. The zero-order valence-corrected chi connectivity index (χ0v) is 10.3. The number of carboxylic acids is 1. The van der Waals surface area contributed by atoms with E-state index >= 15 is 0 Å².